The Kier molecular flexibility index (Phi) is 7.89. The molecule has 0 unspecified atom stereocenters. The van der Waals surface area contributed by atoms with Gasteiger partial charge in [0.15, 0.2) is 0 Å². The number of hydrogen-bond acceptors (Lipinski definition) is 5. The molecule has 4 aromatic rings. The van der Waals surface area contributed by atoms with Crippen molar-refractivity contribution in [3.63, 3.8) is 0 Å². The summed E-state index contributed by atoms with van der Waals surface area (Å²) in [7, 11) is 0. The second kappa shape index (κ2) is 11.8. The number of urea groups is 1. The predicted octanol–water partition coefficient (Wildman–Crippen LogP) is 6.30. The zero-order valence-corrected chi connectivity index (χ0v) is 21.7. The molecule has 40 heavy (non-hydrogen) atoms. The van der Waals surface area contributed by atoms with E-state index in [9.17, 15) is 18.8 Å². The molecule has 1 N–H and O–H groups in total. The number of nitrogens with zero attached hydrogens (tertiary/aromatic N) is 1. The molecular weight excluding hydrogens is 535 g/mol. The number of carbonyl (C=O) groups excluding carboxylic acids is 3. The Hall–Kier alpha value is -4.95. The van der Waals surface area contributed by atoms with Crippen molar-refractivity contribution in [3.8, 4) is 11.5 Å². The van der Waals surface area contributed by atoms with Crippen molar-refractivity contribution < 1.29 is 28.2 Å². The molecule has 0 atom stereocenters. The highest BCUT2D eigenvalue weighted by molar-refractivity contribution is 6.39. The van der Waals surface area contributed by atoms with E-state index in [1.54, 1.807) is 78.9 Å². The average molecular weight is 557 g/mol. The van der Waals surface area contributed by atoms with Gasteiger partial charge in [-0.25, -0.2) is 14.1 Å². The fourth-order valence-electron chi connectivity index (χ4n) is 3.93. The van der Waals surface area contributed by atoms with Crippen molar-refractivity contribution in [2.75, 3.05) is 4.90 Å². The summed E-state index contributed by atoms with van der Waals surface area (Å²) in [5.41, 5.74) is 1.96. The quantitative estimate of drug-likeness (QED) is 0.203. The first-order chi connectivity index (χ1) is 19.4. The molecule has 0 saturated carbocycles. The van der Waals surface area contributed by atoms with Crippen LogP contribution >= 0.6 is 11.6 Å². The molecule has 200 valence electrons. The average Bonchev–Trinajstić information content (AvgIpc) is 2.96. The van der Waals surface area contributed by atoms with Gasteiger partial charge in [-0.1, -0.05) is 54.1 Å². The number of carbonyl (C=O) groups is 3. The number of barbiturate groups is 1. The van der Waals surface area contributed by atoms with Crippen molar-refractivity contribution in [2.24, 2.45) is 0 Å². The second-order valence-corrected chi connectivity index (χ2v) is 9.25. The summed E-state index contributed by atoms with van der Waals surface area (Å²) >= 11 is 5.90. The maximum Gasteiger partial charge on any atom is 0.335 e. The number of nitrogens with one attached hydrogen (secondary N) is 1. The van der Waals surface area contributed by atoms with Crippen LogP contribution in [0.3, 0.4) is 0 Å². The molecule has 0 radical (unpaired) electrons. The number of imide groups is 2. The summed E-state index contributed by atoms with van der Waals surface area (Å²) in [6.45, 7) is 0.365. The summed E-state index contributed by atoms with van der Waals surface area (Å²) in [6, 6.07) is 25.7. The van der Waals surface area contributed by atoms with Crippen molar-refractivity contribution in [1.29, 1.82) is 0 Å². The van der Waals surface area contributed by atoms with Crippen LogP contribution in [0.15, 0.2) is 103 Å². The Labute approximate surface area is 234 Å². The van der Waals surface area contributed by atoms with Gasteiger partial charge in [0.05, 0.1) is 5.69 Å². The summed E-state index contributed by atoms with van der Waals surface area (Å²) in [5.74, 6) is -0.893. The Morgan fingerprint density at radius 2 is 1.40 bits per heavy atom. The summed E-state index contributed by atoms with van der Waals surface area (Å²) < 4.78 is 25.2. The van der Waals surface area contributed by atoms with Gasteiger partial charge >= 0.3 is 6.03 Å². The first-order valence-corrected chi connectivity index (χ1v) is 12.6. The van der Waals surface area contributed by atoms with Gasteiger partial charge in [0.2, 0.25) is 0 Å². The standard InChI is InChI=1S/C31H22ClFN2O5/c32-23-9-5-21(6-10-23)18-39-26-15-11-24(12-16-26)35-30(37)27(29(36)34-31(35)38)17-20-7-13-25(14-8-20)40-19-22-3-1-2-4-28(22)33/h1-17H,18-19H2,(H,34,36,38)/b27-17+. The largest absolute Gasteiger partial charge is 0.489 e. The van der Waals surface area contributed by atoms with Crippen LogP contribution in [0.25, 0.3) is 6.08 Å². The van der Waals surface area contributed by atoms with Crippen LogP contribution in [0.4, 0.5) is 14.9 Å². The molecule has 1 saturated heterocycles. The zero-order chi connectivity index (χ0) is 28.1. The summed E-state index contributed by atoms with van der Waals surface area (Å²) in [4.78, 5) is 39.2. The molecule has 4 aromatic carbocycles. The maximum atomic E-state index is 13.8. The van der Waals surface area contributed by atoms with E-state index in [-0.39, 0.29) is 23.7 Å². The normalized spacial score (nSPS) is 14.3. The van der Waals surface area contributed by atoms with Crippen LogP contribution in [0, 0.1) is 5.82 Å². The third-order valence-electron chi connectivity index (χ3n) is 6.06. The van der Waals surface area contributed by atoms with Gasteiger partial charge < -0.3 is 9.47 Å². The molecule has 0 bridgehead atoms. The molecule has 7 nitrogen and oxygen atoms in total. The van der Waals surface area contributed by atoms with Crippen molar-refractivity contribution in [2.45, 2.75) is 13.2 Å². The lowest BCUT2D eigenvalue weighted by Crippen LogP contribution is -2.54. The number of anilines is 1. The van der Waals surface area contributed by atoms with Gasteiger partial charge in [-0.05, 0) is 71.8 Å². The summed E-state index contributed by atoms with van der Waals surface area (Å²) in [6.07, 6.45) is 1.39. The first kappa shape index (κ1) is 26.6. The van der Waals surface area contributed by atoms with Crippen LogP contribution in [-0.2, 0) is 22.8 Å². The van der Waals surface area contributed by atoms with Gasteiger partial charge in [-0.2, -0.15) is 0 Å². The van der Waals surface area contributed by atoms with Crippen LogP contribution in [0.1, 0.15) is 16.7 Å². The molecule has 1 fully saturated rings. The van der Waals surface area contributed by atoms with E-state index in [0.29, 0.717) is 34.3 Å². The third-order valence-corrected chi connectivity index (χ3v) is 6.31. The Morgan fingerprint density at radius 3 is 2.08 bits per heavy atom. The van der Waals surface area contributed by atoms with Crippen LogP contribution < -0.4 is 19.7 Å². The molecule has 0 spiro atoms. The molecule has 4 amide bonds. The number of benzene rings is 4. The molecular formula is C31H22ClFN2O5. The molecule has 0 aromatic heterocycles. The highest BCUT2D eigenvalue weighted by Crippen LogP contribution is 2.25. The van der Waals surface area contributed by atoms with Crippen molar-refractivity contribution >= 4 is 41.2 Å². The Morgan fingerprint density at radius 1 is 0.775 bits per heavy atom. The molecule has 1 aliphatic heterocycles. The van der Waals surface area contributed by atoms with E-state index >= 15 is 0 Å². The smallest absolute Gasteiger partial charge is 0.335 e. The van der Waals surface area contributed by atoms with E-state index < -0.39 is 17.8 Å². The molecule has 0 aliphatic carbocycles. The third kappa shape index (κ3) is 6.19. The molecule has 9 heteroatoms. The molecule has 1 heterocycles. The van der Waals surface area contributed by atoms with E-state index in [1.807, 2.05) is 12.1 Å². The fourth-order valence-corrected chi connectivity index (χ4v) is 4.06. The summed E-state index contributed by atoms with van der Waals surface area (Å²) in [5, 5.41) is 2.84. The Bertz CT molecular complexity index is 1590. The first-order valence-electron chi connectivity index (χ1n) is 12.2. The van der Waals surface area contributed by atoms with Gasteiger partial charge in [0, 0.05) is 10.6 Å². The topological polar surface area (TPSA) is 84.9 Å². The van der Waals surface area contributed by atoms with Gasteiger partial charge in [-0.15, -0.1) is 0 Å². The number of ether oxygens (including phenoxy) is 2. The minimum absolute atomic E-state index is 0.0516. The lowest BCUT2D eigenvalue weighted by Gasteiger charge is -2.26. The second-order valence-electron chi connectivity index (χ2n) is 8.82. The van der Waals surface area contributed by atoms with E-state index in [4.69, 9.17) is 21.1 Å². The van der Waals surface area contributed by atoms with E-state index in [0.717, 1.165) is 10.5 Å². The number of rotatable bonds is 8. The van der Waals surface area contributed by atoms with Crippen molar-refractivity contribution in [1.82, 2.24) is 5.32 Å². The van der Waals surface area contributed by atoms with Crippen LogP contribution in [0.2, 0.25) is 5.02 Å². The molecule has 1 aliphatic rings. The van der Waals surface area contributed by atoms with Crippen LogP contribution in [0.5, 0.6) is 11.5 Å². The number of halogens is 2. The lowest BCUT2D eigenvalue weighted by atomic mass is 10.1. The number of hydrogen-bond donors (Lipinski definition) is 1. The van der Waals surface area contributed by atoms with Crippen LogP contribution in [-0.4, -0.2) is 17.8 Å². The fraction of sp³-hybridized carbons (Fsp3) is 0.0645. The van der Waals surface area contributed by atoms with Gasteiger partial charge in [0.1, 0.15) is 36.1 Å². The lowest BCUT2D eigenvalue weighted by molar-refractivity contribution is -0.122. The number of amides is 4. The highest BCUT2D eigenvalue weighted by atomic mass is 35.5. The predicted molar refractivity (Wildman–Crippen MR) is 148 cm³/mol. The van der Waals surface area contributed by atoms with E-state index in [1.165, 1.54) is 12.1 Å². The minimum Gasteiger partial charge on any atom is -0.489 e. The zero-order valence-electron chi connectivity index (χ0n) is 21.0. The van der Waals surface area contributed by atoms with E-state index in [2.05, 4.69) is 5.32 Å². The highest BCUT2D eigenvalue weighted by Gasteiger charge is 2.36. The SMILES string of the molecule is O=C1NC(=O)N(c2ccc(OCc3ccc(Cl)cc3)cc2)C(=O)/C1=C/c1ccc(OCc2ccccc2F)cc1. The maximum absolute atomic E-state index is 13.8. The monoisotopic (exact) mass is 556 g/mol. The Balaban J connectivity index is 1.26. The van der Waals surface area contributed by atoms with Gasteiger partial charge in [0.25, 0.3) is 11.8 Å². The minimum atomic E-state index is -0.848. The molecule has 5 rings (SSSR count). The van der Waals surface area contributed by atoms with Crippen molar-refractivity contribution in [3.05, 3.63) is 130 Å². The van der Waals surface area contributed by atoms with Gasteiger partial charge in [-0.3, -0.25) is 14.9 Å².